The molecule has 1 aliphatic heterocycles. The zero-order valence-corrected chi connectivity index (χ0v) is 16.9. The van der Waals surface area contributed by atoms with Gasteiger partial charge in [0.2, 0.25) is 5.91 Å². The van der Waals surface area contributed by atoms with E-state index in [1.807, 2.05) is 47.4 Å². The Hall–Kier alpha value is -2.96. The van der Waals surface area contributed by atoms with E-state index in [0.717, 1.165) is 15.3 Å². The quantitative estimate of drug-likeness (QED) is 0.657. The molecule has 0 saturated carbocycles. The highest BCUT2D eigenvalue weighted by atomic mass is 32.1. The van der Waals surface area contributed by atoms with Crippen LogP contribution in [0.2, 0.25) is 0 Å². The number of nitrogens with two attached hydrogens (primary N) is 1. The lowest BCUT2D eigenvalue weighted by molar-refractivity contribution is -0.133. The van der Waals surface area contributed by atoms with Crippen molar-refractivity contribution < 1.29 is 14.3 Å². The molecule has 29 heavy (non-hydrogen) atoms. The van der Waals surface area contributed by atoms with Crippen molar-refractivity contribution in [1.29, 1.82) is 0 Å². The van der Waals surface area contributed by atoms with Gasteiger partial charge in [-0.05, 0) is 41.0 Å². The Morgan fingerprint density at radius 1 is 1.07 bits per heavy atom. The smallest absolute Gasteiger partial charge is 0.337 e. The van der Waals surface area contributed by atoms with Gasteiger partial charge in [-0.15, -0.1) is 11.3 Å². The summed E-state index contributed by atoms with van der Waals surface area (Å²) < 4.78 is 4.79. The van der Waals surface area contributed by atoms with Gasteiger partial charge in [-0.2, -0.15) is 0 Å². The molecular weight excluding hydrogens is 384 g/mol. The van der Waals surface area contributed by atoms with Crippen LogP contribution in [0, 0.1) is 0 Å². The Morgan fingerprint density at radius 3 is 2.48 bits per heavy atom. The van der Waals surface area contributed by atoms with E-state index >= 15 is 0 Å². The number of thiophene rings is 1. The van der Waals surface area contributed by atoms with Gasteiger partial charge in [0.1, 0.15) is 0 Å². The van der Waals surface area contributed by atoms with Crippen LogP contribution in [-0.2, 0) is 29.0 Å². The third-order valence-corrected chi connectivity index (χ3v) is 6.28. The van der Waals surface area contributed by atoms with Gasteiger partial charge in [0, 0.05) is 29.3 Å². The first kappa shape index (κ1) is 19.4. The molecule has 0 aliphatic carbocycles. The van der Waals surface area contributed by atoms with E-state index in [0.29, 0.717) is 25.1 Å². The topological polar surface area (TPSA) is 72.6 Å². The summed E-state index contributed by atoms with van der Waals surface area (Å²) in [5.41, 5.74) is 10.1. The molecule has 148 valence electrons. The van der Waals surface area contributed by atoms with Crippen molar-refractivity contribution >= 4 is 23.2 Å². The molecule has 6 heteroatoms. The maximum atomic E-state index is 12.8. The predicted molar refractivity (Wildman–Crippen MR) is 113 cm³/mol. The first-order chi connectivity index (χ1) is 14.0. The van der Waals surface area contributed by atoms with E-state index < -0.39 is 6.04 Å². The van der Waals surface area contributed by atoms with Gasteiger partial charge in [0.05, 0.1) is 18.7 Å². The first-order valence-corrected chi connectivity index (χ1v) is 10.3. The summed E-state index contributed by atoms with van der Waals surface area (Å²) >= 11 is 1.59. The molecule has 3 aromatic rings. The molecule has 0 bridgehead atoms. The van der Waals surface area contributed by atoms with Crippen molar-refractivity contribution in [1.82, 2.24) is 4.90 Å². The zero-order valence-electron chi connectivity index (χ0n) is 16.1. The number of nitrogens with zero attached hydrogens (tertiary/aromatic N) is 1. The van der Waals surface area contributed by atoms with E-state index in [1.54, 1.807) is 17.4 Å². The van der Waals surface area contributed by atoms with Crippen molar-refractivity contribution in [3.63, 3.8) is 0 Å². The van der Waals surface area contributed by atoms with Gasteiger partial charge < -0.3 is 15.4 Å². The second kappa shape index (κ2) is 8.19. The summed E-state index contributed by atoms with van der Waals surface area (Å²) in [5.74, 6) is -0.383. The largest absolute Gasteiger partial charge is 0.465 e. The first-order valence-electron chi connectivity index (χ1n) is 9.44. The third-order valence-electron chi connectivity index (χ3n) is 5.12. The lowest BCUT2D eigenvalue weighted by Gasteiger charge is -2.20. The fourth-order valence-corrected chi connectivity index (χ4v) is 4.65. The molecule has 0 spiro atoms. The Kier molecular flexibility index (Phi) is 5.47. The van der Waals surface area contributed by atoms with Crippen molar-refractivity contribution in [2.45, 2.75) is 25.6 Å². The van der Waals surface area contributed by atoms with Crippen LogP contribution in [0.3, 0.4) is 0 Å². The van der Waals surface area contributed by atoms with E-state index in [2.05, 4.69) is 12.1 Å². The van der Waals surface area contributed by atoms with E-state index in [4.69, 9.17) is 10.5 Å². The summed E-state index contributed by atoms with van der Waals surface area (Å²) in [7, 11) is 1.37. The molecule has 0 fully saturated rings. The molecule has 1 aliphatic rings. The van der Waals surface area contributed by atoms with Crippen LogP contribution < -0.4 is 5.73 Å². The molecule has 4 rings (SSSR count). The zero-order chi connectivity index (χ0) is 20.4. The number of ether oxygens (including phenoxy) is 1. The molecule has 0 saturated heterocycles. The molecule has 1 atom stereocenters. The summed E-state index contributed by atoms with van der Waals surface area (Å²) in [5, 5.41) is 0. The number of methoxy groups -OCH3 is 1. The van der Waals surface area contributed by atoms with Crippen LogP contribution in [-0.4, -0.2) is 29.9 Å². The van der Waals surface area contributed by atoms with Gasteiger partial charge in [-0.25, -0.2) is 4.79 Å². The normalized spacial score (nSPS) is 13.8. The number of esters is 1. The molecule has 5 nitrogen and oxygen atoms in total. The van der Waals surface area contributed by atoms with Crippen molar-refractivity contribution in [2.75, 3.05) is 7.11 Å². The molecule has 2 aromatic carbocycles. The van der Waals surface area contributed by atoms with Gasteiger partial charge in [0.25, 0.3) is 0 Å². The van der Waals surface area contributed by atoms with E-state index in [-0.39, 0.29) is 11.9 Å². The monoisotopic (exact) mass is 406 g/mol. The number of rotatable bonds is 5. The number of hydrogen-bond donors (Lipinski definition) is 1. The van der Waals surface area contributed by atoms with Crippen molar-refractivity contribution in [2.24, 2.45) is 5.73 Å². The SMILES string of the molecule is COC(=O)c1cccc(-c2ccc(CC(N)C(=O)N3Cc4ccccc4C3)s2)c1. The minimum absolute atomic E-state index is 0.0242. The Bertz CT molecular complexity index is 1030. The van der Waals surface area contributed by atoms with Crippen molar-refractivity contribution in [3.05, 3.63) is 82.2 Å². The Morgan fingerprint density at radius 2 is 1.79 bits per heavy atom. The second-order valence-electron chi connectivity index (χ2n) is 7.11. The van der Waals surface area contributed by atoms with Gasteiger partial charge in [-0.3, -0.25) is 4.79 Å². The average Bonchev–Trinajstić information content (AvgIpc) is 3.39. The standard InChI is InChI=1S/C23H22N2O3S/c1-28-23(27)16-8-4-7-15(11-16)21-10-9-19(29-21)12-20(24)22(26)25-13-17-5-2-3-6-18(17)14-25/h2-11,20H,12-14,24H2,1H3. The highest BCUT2D eigenvalue weighted by molar-refractivity contribution is 7.15. The Balaban J connectivity index is 1.43. The predicted octanol–water partition coefficient (Wildman–Crippen LogP) is 3.61. The molecule has 1 unspecified atom stereocenters. The van der Waals surface area contributed by atoms with Crippen LogP contribution in [0.1, 0.15) is 26.4 Å². The van der Waals surface area contributed by atoms with Crippen molar-refractivity contribution in [3.8, 4) is 10.4 Å². The van der Waals surface area contributed by atoms with Crippen LogP contribution >= 0.6 is 11.3 Å². The maximum absolute atomic E-state index is 12.8. The molecule has 1 aromatic heterocycles. The van der Waals surface area contributed by atoms with Crippen LogP contribution in [0.25, 0.3) is 10.4 Å². The fraction of sp³-hybridized carbons (Fsp3) is 0.217. The lowest BCUT2D eigenvalue weighted by atomic mass is 10.1. The third kappa shape index (κ3) is 4.09. The molecule has 2 N–H and O–H groups in total. The summed E-state index contributed by atoms with van der Waals surface area (Å²) in [6.45, 7) is 1.25. The maximum Gasteiger partial charge on any atom is 0.337 e. The van der Waals surface area contributed by atoms with E-state index in [1.165, 1.54) is 18.2 Å². The van der Waals surface area contributed by atoms with Gasteiger partial charge in [-0.1, -0.05) is 36.4 Å². The van der Waals surface area contributed by atoms with Crippen LogP contribution in [0.15, 0.2) is 60.7 Å². The summed E-state index contributed by atoms with van der Waals surface area (Å²) in [4.78, 5) is 28.4. The summed E-state index contributed by atoms with van der Waals surface area (Å²) in [6, 6.07) is 18.9. The number of benzene rings is 2. The minimum Gasteiger partial charge on any atom is -0.465 e. The van der Waals surface area contributed by atoms with Crippen LogP contribution in [0.4, 0.5) is 0 Å². The number of fused-ring (bicyclic) bond motifs is 1. The number of carbonyl (C=O) groups excluding carboxylic acids is 2. The Labute approximate surface area is 173 Å². The highest BCUT2D eigenvalue weighted by Crippen LogP contribution is 2.30. The van der Waals surface area contributed by atoms with Gasteiger partial charge in [0.15, 0.2) is 0 Å². The van der Waals surface area contributed by atoms with Gasteiger partial charge >= 0.3 is 5.97 Å². The fourth-order valence-electron chi connectivity index (χ4n) is 3.59. The lowest BCUT2D eigenvalue weighted by Crippen LogP contribution is -2.42. The van der Waals surface area contributed by atoms with E-state index in [9.17, 15) is 9.59 Å². The second-order valence-corrected chi connectivity index (χ2v) is 8.28. The van der Waals surface area contributed by atoms with Crippen LogP contribution in [0.5, 0.6) is 0 Å². The molecule has 2 heterocycles. The molecule has 1 amide bonds. The number of hydrogen-bond acceptors (Lipinski definition) is 5. The minimum atomic E-state index is -0.572. The average molecular weight is 407 g/mol. The summed E-state index contributed by atoms with van der Waals surface area (Å²) in [6.07, 6.45) is 0.493. The molecular formula is C23H22N2O3S. The number of carbonyl (C=O) groups is 2. The molecule has 0 radical (unpaired) electrons. The highest BCUT2D eigenvalue weighted by Gasteiger charge is 2.27. The number of amides is 1.